The van der Waals surface area contributed by atoms with Crippen LogP contribution in [0, 0.1) is 5.92 Å². The Hall–Kier alpha value is -2.02. The predicted molar refractivity (Wildman–Crippen MR) is 86.0 cm³/mol. The Morgan fingerprint density at radius 2 is 2.36 bits per heavy atom. The minimum Gasteiger partial charge on any atom is -0.372 e. The number of carbonyl (C=O) groups is 1. The molecule has 7 heteroatoms. The van der Waals surface area contributed by atoms with Crippen molar-refractivity contribution in [1.29, 1.82) is 0 Å². The van der Waals surface area contributed by atoms with Crippen molar-refractivity contribution in [3.05, 3.63) is 34.4 Å². The van der Waals surface area contributed by atoms with Crippen molar-refractivity contribution in [2.45, 2.75) is 19.3 Å². The number of hydrogen-bond donors (Lipinski definition) is 1. The van der Waals surface area contributed by atoms with E-state index in [2.05, 4.69) is 20.5 Å². The van der Waals surface area contributed by atoms with Crippen molar-refractivity contribution >= 4 is 23.1 Å². The van der Waals surface area contributed by atoms with Gasteiger partial charge in [-0.1, -0.05) is 0 Å². The number of aromatic nitrogens is 3. The van der Waals surface area contributed by atoms with Gasteiger partial charge >= 0.3 is 0 Å². The van der Waals surface area contributed by atoms with Crippen molar-refractivity contribution in [2.75, 3.05) is 25.5 Å². The molecule has 1 saturated heterocycles. The molecule has 116 valence electrons. The van der Waals surface area contributed by atoms with Crippen LogP contribution >= 0.6 is 11.3 Å². The minimum atomic E-state index is 0.0440. The van der Waals surface area contributed by atoms with Gasteiger partial charge in [-0.3, -0.25) is 4.79 Å². The van der Waals surface area contributed by atoms with E-state index in [1.54, 1.807) is 5.51 Å². The number of thiazole rings is 1. The van der Waals surface area contributed by atoms with Gasteiger partial charge in [0.05, 0.1) is 11.2 Å². The van der Waals surface area contributed by atoms with Gasteiger partial charge in [0.25, 0.3) is 5.91 Å². The summed E-state index contributed by atoms with van der Waals surface area (Å²) in [4.78, 5) is 18.4. The molecule has 2 aromatic heterocycles. The maximum atomic E-state index is 12.4. The van der Waals surface area contributed by atoms with E-state index in [9.17, 15) is 4.79 Å². The predicted octanol–water partition coefficient (Wildman–Crippen LogP) is 2.07. The zero-order valence-electron chi connectivity index (χ0n) is 12.5. The number of amides is 1. The van der Waals surface area contributed by atoms with E-state index in [4.69, 9.17) is 0 Å². The van der Waals surface area contributed by atoms with Crippen LogP contribution < -0.4 is 5.32 Å². The molecule has 6 nitrogen and oxygen atoms in total. The van der Waals surface area contributed by atoms with Crippen LogP contribution in [0.15, 0.2) is 23.0 Å². The Bertz CT molecular complexity index is 613. The van der Waals surface area contributed by atoms with Gasteiger partial charge in [-0.2, -0.15) is 5.10 Å². The van der Waals surface area contributed by atoms with Crippen LogP contribution in [-0.4, -0.2) is 46.1 Å². The molecule has 1 aliphatic heterocycles. The lowest BCUT2D eigenvalue weighted by Crippen LogP contribution is -2.40. The number of hydrogen-bond acceptors (Lipinski definition) is 6. The van der Waals surface area contributed by atoms with E-state index in [0.29, 0.717) is 11.6 Å². The lowest BCUT2D eigenvalue weighted by Gasteiger charge is -2.32. The van der Waals surface area contributed by atoms with Gasteiger partial charge in [0.2, 0.25) is 0 Å². The van der Waals surface area contributed by atoms with Gasteiger partial charge in [0, 0.05) is 25.5 Å². The summed E-state index contributed by atoms with van der Waals surface area (Å²) in [5.41, 5.74) is 3.24. The molecule has 0 aliphatic carbocycles. The highest BCUT2D eigenvalue weighted by atomic mass is 32.1. The van der Waals surface area contributed by atoms with E-state index >= 15 is 0 Å². The summed E-state index contributed by atoms with van der Waals surface area (Å²) in [7, 11) is 1.83. The molecule has 22 heavy (non-hydrogen) atoms. The maximum Gasteiger partial charge on any atom is 0.273 e. The van der Waals surface area contributed by atoms with Crippen LogP contribution in [0.1, 0.15) is 29.0 Å². The Kier molecular flexibility index (Phi) is 4.62. The Balaban J connectivity index is 1.61. The van der Waals surface area contributed by atoms with Crippen LogP contribution in [0.5, 0.6) is 0 Å². The van der Waals surface area contributed by atoms with Crippen molar-refractivity contribution in [3.8, 4) is 0 Å². The summed E-state index contributed by atoms with van der Waals surface area (Å²) in [6.07, 6.45) is 3.01. The van der Waals surface area contributed by atoms with Crippen molar-refractivity contribution in [1.82, 2.24) is 20.1 Å². The Morgan fingerprint density at radius 1 is 1.45 bits per heavy atom. The summed E-state index contributed by atoms with van der Waals surface area (Å²) in [6, 6.07) is 3.93. The van der Waals surface area contributed by atoms with Crippen LogP contribution in [0.4, 0.5) is 5.82 Å². The Labute approximate surface area is 133 Å². The van der Waals surface area contributed by atoms with E-state index in [1.807, 2.05) is 29.5 Å². The fraction of sp³-hybridized carbons (Fsp3) is 0.467. The quantitative estimate of drug-likeness (QED) is 0.935. The van der Waals surface area contributed by atoms with Crippen LogP contribution in [0.25, 0.3) is 0 Å². The standard InChI is InChI=1S/C15H19N5OS/c1-16-14-5-4-12(18-19-14)7-11-3-2-6-20(8-11)15(21)13-9-22-10-17-13/h4-5,9-11H,2-3,6-8H2,1H3,(H,16,19). The summed E-state index contributed by atoms with van der Waals surface area (Å²) >= 11 is 1.46. The number of piperidine rings is 1. The number of likely N-dealkylation sites (tertiary alicyclic amines) is 1. The number of nitrogens with zero attached hydrogens (tertiary/aromatic N) is 4. The fourth-order valence-corrected chi connectivity index (χ4v) is 3.32. The molecular formula is C15H19N5OS. The molecule has 2 aromatic rings. The molecule has 1 aliphatic rings. The van der Waals surface area contributed by atoms with Crippen molar-refractivity contribution in [3.63, 3.8) is 0 Å². The lowest BCUT2D eigenvalue weighted by atomic mass is 9.93. The van der Waals surface area contributed by atoms with Gasteiger partial charge in [-0.15, -0.1) is 16.4 Å². The Morgan fingerprint density at radius 3 is 3.05 bits per heavy atom. The summed E-state index contributed by atoms with van der Waals surface area (Å²) in [5, 5.41) is 13.1. The molecule has 0 bridgehead atoms. The zero-order valence-corrected chi connectivity index (χ0v) is 13.3. The van der Waals surface area contributed by atoms with Crippen LogP contribution in [0.2, 0.25) is 0 Å². The largest absolute Gasteiger partial charge is 0.372 e. The molecule has 0 radical (unpaired) electrons. The molecule has 1 fully saturated rings. The van der Waals surface area contributed by atoms with Gasteiger partial charge < -0.3 is 10.2 Å². The molecule has 3 heterocycles. The lowest BCUT2D eigenvalue weighted by molar-refractivity contribution is 0.0667. The van der Waals surface area contributed by atoms with Crippen molar-refractivity contribution in [2.24, 2.45) is 5.92 Å². The van der Waals surface area contributed by atoms with Crippen LogP contribution in [0.3, 0.4) is 0 Å². The fourth-order valence-electron chi connectivity index (χ4n) is 2.79. The van der Waals surface area contributed by atoms with Gasteiger partial charge in [-0.25, -0.2) is 4.98 Å². The molecule has 3 rings (SSSR count). The van der Waals surface area contributed by atoms with E-state index in [0.717, 1.165) is 43.9 Å². The third kappa shape index (κ3) is 3.41. The first-order chi connectivity index (χ1) is 10.8. The minimum absolute atomic E-state index is 0.0440. The van der Waals surface area contributed by atoms with Gasteiger partial charge in [0.1, 0.15) is 11.5 Å². The van der Waals surface area contributed by atoms with Crippen molar-refractivity contribution < 1.29 is 4.79 Å². The molecule has 0 saturated carbocycles. The van der Waals surface area contributed by atoms with Gasteiger partial charge in [0.15, 0.2) is 0 Å². The second-order valence-corrected chi connectivity index (χ2v) is 6.22. The topological polar surface area (TPSA) is 71.0 Å². The van der Waals surface area contributed by atoms with E-state index in [1.165, 1.54) is 11.3 Å². The molecule has 1 unspecified atom stereocenters. The third-order valence-corrected chi connectivity index (χ3v) is 4.52. The highest BCUT2D eigenvalue weighted by Crippen LogP contribution is 2.21. The van der Waals surface area contributed by atoms with Crippen LogP contribution in [-0.2, 0) is 6.42 Å². The maximum absolute atomic E-state index is 12.4. The molecule has 0 spiro atoms. The van der Waals surface area contributed by atoms with E-state index in [-0.39, 0.29) is 5.91 Å². The normalized spacial score (nSPS) is 18.2. The number of nitrogens with one attached hydrogen (secondary N) is 1. The summed E-state index contributed by atoms with van der Waals surface area (Å²) in [5.74, 6) is 1.25. The summed E-state index contributed by atoms with van der Waals surface area (Å²) in [6.45, 7) is 1.59. The number of rotatable bonds is 4. The SMILES string of the molecule is CNc1ccc(CC2CCCN(C(=O)c3cscn3)C2)nn1. The molecule has 1 amide bonds. The molecule has 1 atom stereocenters. The second-order valence-electron chi connectivity index (χ2n) is 5.50. The average Bonchev–Trinajstić information content (AvgIpc) is 3.09. The first kappa shape index (κ1) is 14.9. The molecule has 1 N–H and O–H groups in total. The van der Waals surface area contributed by atoms with Gasteiger partial charge in [-0.05, 0) is 37.3 Å². The third-order valence-electron chi connectivity index (χ3n) is 3.93. The second kappa shape index (κ2) is 6.83. The first-order valence-corrected chi connectivity index (χ1v) is 8.38. The monoisotopic (exact) mass is 317 g/mol. The van der Waals surface area contributed by atoms with E-state index < -0.39 is 0 Å². The highest BCUT2D eigenvalue weighted by molar-refractivity contribution is 7.07. The first-order valence-electron chi connectivity index (χ1n) is 7.44. The summed E-state index contributed by atoms with van der Waals surface area (Å²) < 4.78 is 0. The number of carbonyl (C=O) groups excluding carboxylic acids is 1. The zero-order chi connectivity index (χ0) is 15.4. The number of anilines is 1. The molecular weight excluding hydrogens is 298 g/mol. The smallest absolute Gasteiger partial charge is 0.273 e. The average molecular weight is 317 g/mol. The highest BCUT2D eigenvalue weighted by Gasteiger charge is 2.25. The molecule has 0 aromatic carbocycles.